The summed E-state index contributed by atoms with van der Waals surface area (Å²) in [5.74, 6) is 1.27. The first kappa shape index (κ1) is 9.41. The molecule has 0 amide bonds. The molecule has 1 atom stereocenters. The van der Waals surface area contributed by atoms with Crippen LogP contribution in [0.4, 0.5) is 5.69 Å². The summed E-state index contributed by atoms with van der Waals surface area (Å²) in [5, 5.41) is 0.623. The maximum absolute atomic E-state index is 5.94. The molecular weight excluding hydrogens is 246 g/mol. The molecule has 1 fully saturated rings. The van der Waals surface area contributed by atoms with Crippen molar-refractivity contribution < 1.29 is 0 Å². The van der Waals surface area contributed by atoms with Crippen LogP contribution < -0.4 is 5.73 Å². The summed E-state index contributed by atoms with van der Waals surface area (Å²) in [6.07, 6.45) is 2.59. The molecule has 70 valence electrons. The summed E-state index contributed by atoms with van der Waals surface area (Å²) in [5.41, 5.74) is 8.17. The van der Waals surface area contributed by atoms with Crippen LogP contribution in [-0.4, -0.2) is 5.75 Å². The molecule has 0 radical (unpaired) electrons. The monoisotopic (exact) mass is 257 g/mol. The zero-order chi connectivity index (χ0) is 9.26. The van der Waals surface area contributed by atoms with Crippen molar-refractivity contribution in [2.45, 2.75) is 18.1 Å². The minimum absolute atomic E-state index is 0.623. The molecule has 2 rings (SSSR count). The van der Waals surface area contributed by atoms with Gasteiger partial charge in [-0.15, -0.1) is 0 Å². The number of rotatable bonds is 1. The van der Waals surface area contributed by atoms with Crippen LogP contribution in [-0.2, 0) is 0 Å². The molecule has 0 aromatic heterocycles. The second kappa shape index (κ2) is 3.93. The lowest BCUT2D eigenvalue weighted by Gasteiger charge is -2.12. The van der Waals surface area contributed by atoms with Crippen molar-refractivity contribution in [1.29, 1.82) is 0 Å². The fraction of sp³-hybridized carbons (Fsp3) is 0.400. The van der Waals surface area contributed by atoms with Crippen LogP contribution in [0.5, 0.6) is 0 Å². The minimum Gasteiger partial charge on any atom is -0.398 e. The number of hydrogen-bond acceptors (Lipinski definition) is 2. The standard InChI is InChI=1S/C10H12BrNS/c11-7-3-4-9(12)8(6-7)10-2-1-5-13-10/h3-4,6,10H,1-2,5,12H2. The number of halogens is 1. The zero-order valence-electron chi connectivity index (χ0n) is 7.29. The van der Waals surface area contributed by atoms with Gasteiger partial charge in [0.15, 0.2) is 0 Å². The second-order valence-electron chi connectivity index (χ2n) is 3.27. The Morgan fingerprint density at radius 2 is 2.31 bits per heavy atom. The smallest absolute Gasteiger partial charge is 0.0358 e. The van der Waals surface area contributed by atoms with E-state index in [1.807, 2.05) is 23.9 Å². The van der Waals surface area contributed by atoms with Gasteiger partial charge in [0.2, 0.25) is 0 Å². The highest BCUT2D eigenvalue weighted by atomic mass is 79.9. The molecule has 0 aliphatic carbocycles. The summed E-state index contributed by atoms with van der Waals surface area (Å²) in [4.78, 5) is 0. The molecule has 0 saturated carbocycles. The molecule has 3 heteroatoms. The van der Waals surface area contributed by atoms with Gasteiger partial charge in [0.25, 0.3) is 0 Å². The third-order valence-electron chi connectivity index (χ3n) is 2.33. The van der Waals surface area contributed by atoms with E-state index in [9.17, 15) is 0 Å². The van der Waals surface area contributed by atoms with Gasteiger partial charge in [-0.3, -0.25) is 0 Å². The quantitative estimate of drug-likeness (QED) is 0.779. The maximum Gasteiger partial charge on any atom is 0.0358 e. The predicted octanol–water partition coefficient (Wildman–Crippen LogP) is 3.60. The van der Waals surface area contributed by atoms with Crippen LogP contribution in [0.15, 0.2) is 22.7 Å². The number of anilines is 1. The van der Waals surface area contributed by atoms with Gasteiger partial charge < -0.3 is 5.73 Å². The summed E-state index contributed by atoms with van der Waals surface area (Å²) >= 11 is 5.50. The fourth-order valence-electron chi connectivity index (χ4n) is 1.65. The van der Waals surface area contributed by atoms with E-state index in [0.717, 1.165) is 10.2 Å². The van der Waals surface area contributed by atoms with Crippen molar-refractivity contribution in [3.05, 3.63) is 28.2 Å². The molecule has 1 saturated heterocycles. The average Bonchev–Trinajstić information content (AvgIpc) is 2.61. The molecule has 1 nitrogen and oxygen atoms in total. The van der Waals surface area contributed by atoms with Crippen molar-refractivity contribution in [3.8, 4) is 0 Å². The molecule has 1 unspecified atom stereocenters. The van der Waals surface area contributed by atoms with E-state index in [4.69, 9.17) is 5.73 Å². The van der Waals surface area contributed by atoms with Gasteiger partial charge in [-0.25, -0.2) is 0 Å². The lowest BCUT2D eigenvalue weighted by molar-refractivity contribution is 0.830. The molecular formula is C10H12BrNS. The Hall–Kier alpha value is -0.150. The first-order valence-electron chi connectivity index (χ1n) is 4.44. The topological polar surface area (TPSA) is 26.0 Å². The Labute approximate surface area is 91.2 Å². The van der Waals surface area contributed by atoms with Crippen LogP contribution in [0.2, 0.25) is 0 Å². The van der Waals surface area contributed by atoms with Gasteiger partial charge in [-0.05, 0) is 42.4 Å². The average molecular weight is 258 g/mol. The molecule has 1 heterocycles. The Kier molecular flexibility index (Phi) is 2.84. The Morgan fingerprint density at radius 1 is 1.46 bits per heavy atom. The normalized spacial score (nSPS) is 22.1. The molecule has 13 heavy (non-hydrogen) atoms. The number of hydrogen-bond donors (Lipinski definition) is 1. The van der Waals surface area contributed by atoms with E-state index < -0.39 is 0 Å². The number of nitrogens with two attached hydrogens (primary N) is 1. The highest BCUT2D eigenvalue weighted by molar-refractivity contribution is 9.10. The fourth-order valence-corrected chi connectivity index (χ4v) is 3.36. The zero-order valence-corrected chi connectivity index (χ0v) is 9.70. The van der Waals surface area contributed by atoms with Gasteiger partial charge in [0, 0.05) is 15.4 Å². The van der Waals surface area contributed by atoms with Crippen molar-refractivity contribution in [1.82, 2.24) is 0 Å². The van der Waals surface area contributed by atoms with Gasteiger partial charge in [0.05, 0.1) is 0 Å². The third kappa shape index (κ3) is 2.02. The molecule has 1 aliphatic heterocycles. The Bertz CT molecular complexity index is 308. The van der Waals surface area contributed by atoms with Gasteiger partial charge in [0.1, 0.15) is 0 Å². The number of thioether (sulfide) groups is 1. The van der Waals surface area contributed by atoms with E-state index in [-0.39, 0.29) is 0 Å². The Morgan fingerprint density at radius 3 is 3.00 bits per heavy atom. The van der Waals surface area contributed by atoms with Gasteiger partial charge in [-0.1, -0.05) is 15.9 Å². The van der Waals surface area contributed by atoms with Gasteiger partial charge in [-0.2, -0.15) is 11.8 Å². The summed E-state index contributed by atoms with van der Waals surface area (Å²) in [6.45, 7) is 0. The first-order chi connectivity index (χ1) is 6.27. The van der Waals surface area contributed by atoms with E-state index in [2.05, 4.69) is 22.0 Å². The van der Waals surface area contributed by atoms with Crippen LogP contribution >= 0.6 is 27.7 Å². The first-order valence-corrected chi connectivity index (χ1v) is 6.28. The predicted molar refractivity (Wildman–Crippen MR) is 63.0 cm³/mol. The van der Waals surface area contributed by atoms with Crippen LogP contribution in [0.1, 0.15) is 23.7 Å². The second-order valence-corrected chi connectivity index (χ2v) is 5.50. The van der Waals surface area contributed by atoms with Crippen LogP contribution in [0.3, 0.4) is 0 Å². The van der Waals surface area contributed by atoms with Gasteiger partial charge >= 0.3 is 0 Å². The summed E-state index contributed by atoms with van der Waals surface area (Å²) < 4.78 is 1.13. The third-order valence-corrected chi connectivity index (χ3v) is 4.24. The van der Waals surface area contributed by atoms with E-state index >= 15 is 0 Å². The minimum atomic E-state index is 0.623. The van der Waals surface area contributed by atoms with Crippen molar-refractivity contribution >= 4 is 33.4 Å². The van der Waals surface area contributed by atoms with E-state index in [1.54, 1.807) is 0 Å². The van der Waals surface area contributed by atoms with E-state index in [1.165, 1.54) is 24.2 Å². The molecule has 1 aromatic carbocycles. The molecule has 1 aliphatic rings. The largest absolute Gasteiger partial charge is 0.398 e. The molecule has 2 N–H and O–H groups in total. The van der Waals surface area contributed by atoms with Crippen molar-refractivity contribution in [3.63, 3.8) is 0 Å². The van der Waals surface area contributed by atoms with Crippen molar-refractivity contribution in [2.24, 2.45) is 0 Å². The molecule has 0 bridgehead atoms. The number of nitrogen functional groups attached to an aromatic ring is 1. The Balaban J connectivity index is 2.32. The summed E-state index contributed by atoms with van der Waals surface area (Å²) in [7, 11) is 0. The SMILES string of the molecule is Nc1ccc(Br)cc1C1CCCS1. The highest BCUT2D eigenvalue weighted by Gasteiger charge is 2.19. The van der Waals surface area contributed by atoms with Crippen LogP contribution in [0, 0.1) is 0 Å². The lowest BCUT2D eigenvalue weighted by atomic mass is 10.1. The number of benzene rings is 1. The van der Waals surface area contributed by atoms with E-state index in [0.29, 0.717) is 5.25 Å². The molecule has 0 spiro atoms. The highest BCUT2D eigenvalue weighted by Crippen LogP contribution is 2.42. The van der Waals surface area contributed by atoms with Crippen molar-refractivity contribution in [2.75, 3.05) is 11.5 Å². The van der Waals surface area contributed by atoms with Crippen LogP contribution in [0.25, 0.3) is 0 Å². The summed E-state index contributed by atoms with van der Waals surface area (Å²) in [6, 6.07) is 6.13. The maximum atomic E-state index is 5.94. The molecule has 1 aromatic rings. The lowest BCUT2D eigenvalue weighted by Crippen LogP contribution is -1.96.